The molecule has 3 nitrogen and oxygen atoms in total. The van der Waals surface area contributed by atoms with Crippen LogP contribution in [0, 0.1) is 0 Å². The lowest BCUT2D eigenvalue weighted by Gasteiger charge is -2.31. The van der Waals surface area contributed by atoms with Crippen LogP contribution in [-0.4, -0.2) is 49.1 Å². The first-order valence-electron chi connectivity index (χ1n) is 8.35. The molecule has 0 amide bonds. The highest BCUT2D eigenvalue weighted by molar-refractivity contribution is 7.80. The maximum absolute atomic E-state index is 5.63. The fraction of sp³-hybridized carbons (Fsp3) is 0.350. The first kappa shape index (κ1) is 18.4. The van der Waals surface area contributed by atoms with Gasteiger partial charge in [-0.1, -0.05) is 60.7 Å². The van der Waals surface area contributed by atoms with Crippen molar-refractivity contribution in [3.8, 4) is 0 Å². The smallest absolute Gasteiger partial charge is 0.169 e. The van der Waals surface area contributed by atoms with Crippen molar-refractivity contribution in [2.75, 3.05) is 34.2 Å². The Kier molecular flexibility index (Phi) is 7.22. The van der Waals surface area contributed by atoms with Gasteiger partial charge in [-0.3, -0.25) is 0 Å². The lowest BCUT2D eigenvalue weighted by molar-refractivity contribution is 0.391. The highest BCUT2D eigenvalue weighted by Gasteiger charge is 2.20. The quantitative estimate of drug-likeness (QED) is 0.613. The summed E-state index contributed by atoms with van der Waals surface area (Å²) >= 11 is 5.63. The number of thiocarbonyl (C=S) groups is 1. The average molecular weight is 342 g/mol. The molecule has 0 heterocycles. The van der Waals surface area contributed by atoms with E-state index in [0.29, 0.717) is 0 Å². The Morgan fingerprint density at radius 1 is 0.917 bits per heavy atom. The van der Waals surface area contributed by atoms with Gasteiger partial charge in [0.2, 0.25) is 0 Å². The van der Waals surface area contributed by atoms with E-state index in [-0.39, 0.29) is 6.04 Å². The molecule has 0 spiro atoms. The highest BCUT2D eigenvalue weighted by Crippen LogP contribution is 2.27. The van der Waals surface area contributed by atoms with Crippen LogP contribution in [0.15, 0.2) is 60.7 Å². The molecule has 0 saturated heterocycles. The summed E-state index contributed by atoms with van der Waals surface area (Å²) in [6.07, 6.45) is 1.07. The molecule has 0 unspecified atom stereocenters. The Morgan fingerprint density at radius 2 is 1.42 bits per heavy atom. The summed E-state index contributed by atoms with van der Waals surface area (Å²) in [6.45, 7) is 1.94. The van der Waals surface area contributed by atoms with Crippen molar-refractivity contribution in [3.63, 3.8) is 0 Å². The lowest BCUT2D eigenvalue weighted by atomic mass is 9.98. The van der Waals surface area contributed by atoms with Gasteiger partial charge in [0.1, 0.15) is 0 Å². The van der Waals surface area contributed by atoms with E-state index in [0.717, 1.165) is 24.6 Å². The Labute approximate surface area is 151 Å². The minimum Gasteiger partial charge on any atom is -0.363 e. The van der Waals surface area contributed by atoms with E-state index >= 15 is 0 Å². The number of hydrogen-bond donors (Lipinski definition) is 1. The molecule has 128 valence electrons. The van der Waals surface area contributed by atoms with E-state index in [1.807, 2.05) is 12.1 Å². The zero-order valence-electron chi connectivity index (χ0n) is 14.8. The molecule has 2 aromatic carbocycles. The molecule has 4 heteroatoms. The standard InChI is InChI=1S/C20H27N3S/c1-22(2)16-10-15-21-20(24)23(3)19(17-11-6-4-7-12-17)18-13-8-5-9-14-18/h4-9,11-14,19H,10,15-16H2,1-3H3,(H,21,24). The minimum atomic E-state index is 0.112. The molecular formula is C20H27N3S. The molecule has 1 N–H and O–H groups in total. The maximum atomic E-state index is 5.63. The molecule has 0 saturated carbocycles. The molecule has 0 atom stereocenters. The Balaban J connectivity index is 2.11. The van der Waals surface area contributed by atoms with Crippen molar-refractivity contribution in [1.29, 1.82) is 0 Å². The van der Waals surface area contributed by atoms with Crippen LogP contribution in [0.25, 0.3) is 0 Å². The predicted molar refractivity (Wildman–Crippen MR) is 106 cm³/mol. The van der Waals surface area contributed by atoms with Crippen LogP contribution in [0.1, 0.15) is 23.6 Å². The number of nitrogens with one attached hydrogen (secondary N) is 1. The monoisotopic (exact) mass is 341 g/mol. The molecular weight excluding hydrogens is 314 g/mol. The third-order valence-electron chi connectivity index (χ3n) is 4.00. The number of hydrogen-bond acceptors (Lipinski definition) is 2. The normalized spacial score (nSPS) is 10.9. The SMILES string of the molecule is CN(C)CCCNC(=S)N(C)C(c1ccccc1)c1ccccc1. The fourth-order valence-electron chi connectivity index (χ4n) is 2.74. The van der Waals surface area contributed by atoms with E-state index in [9.17, 15) is 0 Å². The second-order valence-electron chi connectivity index (χ2n) is 6.22. The van der Waals surface area contributed by atoms with Crippen LogP contribution in [0.3, 0.4) is 0 Å². The molecule has 0 aliphatic heterocycles. The molecule has 0 aromatic heterocycles. The van der Waals surface area contributed by atoms with E-state index in [4.69, 9.17) is 12.2 Å². The Hall–Kier alpha value is -1.91. The van der Waals surface area contributed by atoms with E-state index in [2.05, 4.69) is 84.8 Å². The van der Waals surface area contributed by atoms with Gasteiger partial charge in [-0.25, -0.2) is 0 Å². The van der Waals surface area contributed by atoms with Crippen molar-refractivity contribution in [2.45, 2.75) is 12.5 Å². The first-order valence-corrected chi connectivity index (χ1v) is 8.75. The molecule has 0 aliphatic rings. The fourth-order valence-corrected chi connectivity index (χ4v) is 2.95. The molecule has 0 fully saturated rings. The van der Waals surface area contributed by atoms with E-state index in [1.165, 1.54) is 11.1 Å². The predicted octanol–water partition coefficient (Wildman–Crippen LogP) is 3.53. The van der Waals surface area contributed by atoms with Gasteiger partial charge >= 0.3 is 0 Å². The zero-order valence-corrected chi connectivity index (χ0v) is 15.6. The van der Waals surface area contributed by atoms with Crippen molar-refractivity contribution in [1.82, 2.24) is 15.1 Å². The van der Waals surface area contributed by atoms with Crippen molar-refractivity contribution >= 4 is 17.3 Å². The van der Waals surface area contributed by atoms with Crippen LogP contribution in [0.5, 0.6) is 0 Å². The van der Waals surface area contributed by atoms with Crippen molar-refractivity contribution < 1.29 is 0 Å². The van der Waals surface area contributed by atoms with Gasteiger partial charge in [0.25, 0.3) is 0 Å². The molecule has 0 aliphatic carbocycles. The van der Waals surface area contributed by atoms with Gasteiger partial charge in [0.05, 0.1) is 6.04 Å². The average Bonchev–Trinajstić information content (AvgIpc) is 2.60. The Morgan fingerprint density at radius 3 is 1.88 bits per heavy atom. The number of benzene rings is 2. The topological polar surface area (TPSA) is 18.5 Å². The van der Waals surface area contributed by atoms with Gasteiger partial charge in [-0.05, 0) is 50.4 Å². The molecule has 0 bridgehead atoms. The maximum Gasteiger partial charge on any atom is 0.169 e. The largest absolute Gasteiger partial charge is 0.363 e. The lowest BCUT2D eigenvalue weighted by Crippen LogP contribution is -2.40. The first-order chi connectivity index (χ1) is 11.6. The highest BCUT2D eigenvalue weighted by atomic mass is 32.1. The van der Waals surface area contributed by atoms with Crippen molar-refractivity contribution in [2.24, 2.45) is 0 Å². The third-order valence-corrected chi connectivity index (χ3v) is 4.43. The summed E-state index contributed by atoms with van der Waals surface area (Å²) in [5.41, 5.74) is 2.48. The Bertz CT molecular complexity index is 574. The zero-order chi connectivity index (χ0) is 17.4. The summed E-state index contributed by atoms with van der Waals surface area (Å²) < 4.78 is 0. The summed E-state index contributed by atoms with van der Waals surface area (Å²) in [7, 11) is 6.24. The molecule has 2 aromatic rings. The van der Waals surface area contributed by atoms with Gasteiger partial charge in [0, 0.05) is 13.6 Å². The van der Waals surface area contributed by atoms with Crippen LogP contribution in [-0.2, 0) is 0 Å². The van der Waals surface area contributed by atoms with Crippen LogP contribution >= 0.6 is 12.2 Å². The van der Waals surface area contributed by atoms with Crippen molar-refractivity contribution in [3.05, 3.63) is 71.8 Å². The second kappa shape index (κ2) is 9.40. The van der Waals surface area contributed by atoms with Gasteiger partial charge in [0.15, 0.2) is 5.11 Å². The molecule has 0 radical (unpaired) electrons. The van der Waals surface area contributed by atoms with Crippen LogP contribution in [0.2, 0.25) is 0 Å². The summed E-state index contributed by atoms with van der Waals surface area (Å²) in [5, 5.41) is 4.17. The van der Waals surface area contributed by atoms with E-state index in [1.54, 1.807) is 0 Å². The number of nitrogens with zero attached hydrogens (tertiary/aromatic N) is 2. The number of rotatable bonds is 7. The van der Waals surface area contributed by atoms with Crippen LogP contribution < -0.4 is 5.32 Å². The minimum absolute atomic E-state index is 0.112. The molecule has 2 rings (SSSR count). The van der Waals surface area contributed by atoms with Gasteiger partial charge in [-0.15, -0.1) is 0 Å². The molecule has 24 heavy (non-hydrogen) atoms. The second-order valence-corrected chi connectivity index (χ2v) is 6.61. The summed E-state index contributed by atoms with van der Waals surface area (Å²) in [6, 6.07) is 21.1. The van der Waals surface area contributed by atoms with Crippen LogP contribution in [0.4, 0.5) is 0 Å². The third kappa shape index (κ3) is 5.32. The van der Waals surface area contributed by atoms with Gasteiger partial charge < -0.3 is 15.1 Å². The van der Waals surface area contributed by atoms with E-state index < -0.39 is 0 Å². The summed E-state index contributed by atoms with van der Waals surface area (Å²) in [5.74, 6) is 0. The van der Waals surface area contributed by atoms with Gasteiger partial charge in [-0.2, -0.15) is 0 Å². The summed E-state index contributed by atoms with van der Waals surface area (Å²) in [4.78, 5) is 4.33.